The van der Waals surface area contributed by atoms with Crippen molar-refractivity contribution in [2.45, 2.75) is 6.54 Å². The van der Waals surface area contributed by atoms with Crippen molar-refractivity contribution in [3.05, 3.63) is 41.0 Å². The van der Waals surface area contributed by atoms with Gasteiger partial charge in [0.1, 0.15) is 11.5 Å². The van der Waals surface area contributed by atoms with Crippen molar-refractivity contribution in [2.75, 3.05) is 5.32 Å². The number of pyridine rings is 1. The van der Waals surface area contributed by atoms with Gasteiger partial charge in [-0.15, -0.1) is 6.42 Å². The molecule has 0 aliphatic carbocycles. The Hall–Kier alpha value is -1.86. The predicted molar refractivity (Wildman–Crippen MR) is 61.6 cm³/mol. The predicted octanol–water partition coefficient (Wildman–Crippen LogP) is 2.13. The fourth-order valence-electron chi connectivity index (χ4n) is 1.12. The molecule has 2 rings (SSSR count). The standard InChI is InChI=1S/C11H9N3S/c1-2-9-4-3-5-11(14-9)12-8-10-6-7-13-15-10/h1,3-7H,8H2,(H,12,14). The van der Waals surface area contributed by atoms with Gasteiger partial charge in [0.25, 0.3) is 0 Å². The second-order valence-electron chi connectivity index (χ2n) is 2.88. The molecule has 0 saturated heterocycles. The molecule has 0 aromatic carbocycles. The van der Waals surface area contributed by atoms with E-state index in [4.69, 9.17) is 6.42 Å². The highest BCUT2D eigenvalue weighted by molar-refractivity contribution is 7.05. The number of hydrogen-bond acceptors (Lipinski definition) is 4. The van der Waals surface area contributed by atoms with Crippen LogP contribution in [0.25, 0.3) is 0 Å². The lowest BCUT2D eigenvalue weighted by atomic mass is 10.3. The van der Waals surface area contributed by atoms with E-state index in [0.717, 1.165) is 12.4 Å². The van der Waals surface area contributed by atoms with Gasteiger partial charge in [-0.05, 0) is 29.7 Å². The fraction of sp³-hybridized carbons (Fsp3) is 0.0909. The molecule has 2 aromatic heterocycles. The minimum atomic E-state index is 0.643. The molecule has 0 aliphatic heterocycles. The van der Waals surface area contributed by atoms with Gasteiger partial charge < -0.3 is 5.32 Å². The quantitative estimate of drug-likeness (QED) is 0.797. The van der Waals surface area contributed by atoms with Gasteiger partial charge in [0.2, 0.25) is 0 Å². The molecule has 0 saturated carbocycles. The number of rotatable bonds is 3. The molecule has 3 nitrogen and oxygen atoms in total. The summed E-state index contributed by atoms with van der Waals surface area (Å²) in [6, 6.07) is 7.56. The summed E-state index contributed by atoms with van der Waals surface area (Å²) in [5, 5.41) is 3.19. The van der Waals surface area contributed by atoms with Crippen LogP contribution in [0.15, 0.2) is 30.5 Å². The molecule has 0 aliphatic rings. The average Bonchev–Trinajstić information content (AvgIpc) is 2.79. The molecule has 0 unspecified atom stereocenters. The normalized spacial score (nSPS) is 9.53. The van der Waals surface area contributed by atoms with Crippen LogP contribution in [0.3, 0.4) is 0 Å². The van der Waals surface area contributed by atoms with Gasteiger partial charge >= 0.3 is 0 Å². The van der Waals surface area contributed by atoms with Gasteiger partial charge in [-0.25, -0.2) is 9.36 Å². The summed E-state index contributed by atoms with van der Waals surface area (Å²) in [5.41, 5.74) is 0.643. The first-order chi connectivity index (χ1) is 7.38. The number of anilines is 1. The fourth-order valence-corrected chi connectivity index (χ4v) is 1.64. The maximum Gasteiger partial charge on any atom is 0.127 e. The van der Waals surface area contributed by atoms with E-state index in [1.807, 2.05) is 18.2 Å². The highest BCUT2D eigenvalue weighted by Gasteiger charge is 1.97. The number of nitrogens with one attached hydrogen (secondary N) is 1. The zero-order chi connectivity index (χ0) is 10.5. The van der Waals surface area contributed by atoms with E-state index in [2.05, 4.69) is 20.6 Å². The Labute approximate surface area is 92.4 Å². The van der Waals surface area contributed by atoms with Crippen LogP contribution in [-0.2, 0) is 6.54 Å². The molecule has 0 spiro atoms. The van der Waals surface area contributed by atoms with E-state index >= 15 is 0 Å². The zero-order valence-corrected chi connectivity index (χ0v) is 8.79. The Morgan fingerprint density at radius 3 is 3.07 bits per heavy atom. The first-order valence-corrected chi connectivity index (χ1v) is 5.23. The van der Waals surface area contributed by atoms with Crippen LogP contribution < -0.4 is 5.32 Å². The van der Waals surface area contributed by atoms with Crippen molar-refractivity contribution in [3.8, 4) is 12.3 Å². The Morgan fingerprint density at radius 1 is 1.40 bits per heavy atom. The molecule has 0 fully saturated rings. The lowest BCUT2D eigenvalue weighted by Crippen LogP contribution is -2.00. The molecular formula is C11H9N3S. The molecular weight excluding hydrogens is 206 g/mol. The maximum absolute atomic E-state index is 5.26. The van der Waals surface area contributed by atoms with Gasteiger partial charge in [-0.2, -0.15) is 0 Å². The number of terminal acetylenes is 1. The molecule has 0 amide bonds. The molecule has 74 valence electrons. The first kappa shape index (κ1) is 9.69. The van der Waals surface area contributed by atoms with Gasteiger partial charge in [0.05, 0.1) is 6.54 Å². The van der Waals surface area contributed by atoms with Crippen molar-refractivity contribution in [3.63, 3.8) is 0 Å². The molecule has 2 heterocycles. The molecule has 0 atom stereocenters. The second-order valence-corrected chi connectivity index (χ2v) is 3.80. The van der Waals surface area contributed by atoms with Crippen molar-refractivity contribution in [2.24, 2.45) is 0 Å². The van der Waals surface area contributed by atoms with Crippen LogP contribution in [0.4, 0.5) is 5.82 Å². The number of aromatic nitrogens is 2. The number of hydrogen-bond donors (Lipinski definition) is 1. The van der Waals surface area contributed by atoms with Crippen LogP contribution in [0.5, 0.6) is 0 Å². The Morgan fingerprint density at radius 2 is 2.33 bits per heavy atom. The molecule has 15 heavy (non-hydrogen) atoms. The van der Waals surface area contributed by atoms with E-state index in [1.54, 1.807) is 12.3 Å². The van der Waals surface area contributed by atoms with Crippen molar-refractivity contribution in [1.82, 2.24) is 9.36 Å². The topological polar surface area (TPSA) is 37.8 Å². The van der Waals surface area contributed by atoms with Crippen LogP contribution in [0.1, 0.15) is 10.6 Å². The van der Waals surface area contributed by atoms with E-state index in [1.165, 1.54) is 16.4 Å². The molecule has 0 radical (unpaired) electrons. The van der Waals surface area contributed by atoms with Gasteiger partial charge in [0.15, 0.2) is 0 Å². The summed E-state index contributed by atoms with van der Waals surface area (Å²) in [4.78, 5) is 5.40. The largest absolute Gasteiger partial charge is 0.365 e. The van der Waals surface area contributed by atoms with Gasteiger partial charge in [-0.3, -0.25) is 0 Å². The lowest BCUT2D eigenvalue weighted by Gasteiger charge is -2.03. The molecule has 4 heteroatoms. The molecule has 1 N–H and O–H groups in total. The average molecular weight is 215 g/mol. The Kier molecular flexibility index (Phi) is 2.96. The lowest BCUT2D eigenvalue weighted by molar-refractivity contribution is 1.13. The third kappa shape index (κ3) is 2.55. The molecule has 0 bridgehead atoms. The summed E-state index contributed by atoms with van der Waals surface area (Å²) in [6.45, 7) is 0.728. The summed E-state index contributed by atoms with van der Waals surface area (Å²) >= 11 is 1.47. The SMILES string of the molecule is C#Cc1cccc(NCc2ccns2)n1. The van der Waals surface area contributed by atoms with E-state index in [0.29, 0.717) is 5.69 Å². The zero-order valence-electron chi connectivity index (χ0n) is 7.97. The summed E-state index contributed by atoms with van der Waals surface area (Å²) in [5.74, 6) is 3.29. The third-order valence-corrected chi connectivity index (χ3v) is 2.57. The summed E-state index contributed by atoms with van der Waals surface area (Å²) < 4.78 is 4.02. The van der Waals surface area contributed by atoms with Crippen LogP contribution in [-0.4, -0.2) is 9.36 Å². The van der Waals surface area contributed by atoms with Crippen LogP contribution >= 0.6 is 11.5 Å². The van der Waals surface area contributed by atoms with Gasteiger partial charge in [-0.1, -0.05) is 12.0 Å². The van der Waals surface area contributed by atoms with Crippen molar-refractivity contribution < 1.29 is 0 Å². The van der Waals surface area contributed by atoms with E-state index in [9.17, 15) is 0 Å². The van der Waals surface area contributed by atoms with E-state index in [-0.39, 0.29) is 0 Å². The first-order valence-electron chi connectivity index (χ1n) is 4.45. The maximum atomic E-state index is 5.26. The second kappa shape index (κ2) is 4.58. The Balaban J connectivity index is 2.02. The highest BCUT2D eigenvalue weighted by Crippen LogP contribution is 2.09. The summed E-state index contributed by atoms with van der Waals surface area (Å²) in [7, 11) is 0. The number of nitrogens with zero attached hydrogens (tertiary/aromatic N) is 2. The van der Waals surface area contributed by atoms with Crippen LogP contribution in [0.2, 0.25) is 0 Å². The van der Waals surface area contributed by atoms with Crippen LogP contribution in [0, 0.1) is 12.3 Å². The third-order valence-electron chi connectivity index (χ3n) is 1.83. The van der Waals surface area contributed by atoms with E-state index < -0.39 is 0 Å². The smallest absolute Gasteiger partial charge is 0.127 e. The van der Waals surface area contributed by atoms with Crippen molar-refractivity contribution >= 4 is 17.4 Å². The molecule has 2 aromatic rings. The summed E-state index contributed by atoms with van der Waals surface area (Å²) in [6.07, 6.45) is 7.05. The Bertz CT molecular complexity index is 471. The van der Waals surface area contributed by atoms with Crippen molar-refractivity contribution in [1.29, 1.82) is 0 Å². The minimum absolute atomic E-state index is 0.643. The monoisotopic (exact) mass is 215 g/mol. The van der Waals surface area contributed by atoms with Gasteiger partial charge in [0, 0.05) is 11.1 Å². The minimum Gasteiger partial charge on any atom is -0.365 e. The highest BCUT2D eigenvalue weighted by atomic mass is 32.1.